The molecule has 0 radical (unpaired) electrons. The Labute approximate surface area is 459 Å². The number of rotatable bonds is 36. The molecule has 0 saturated carbocycles. The number of hydrogen-bond acceptors (Lipinski definition) is 26. The highest BCUT2D eigenvalue weighted by Crippen LogP contribution is 2.63. The van der Waals surface area contributed by atoms with Gasteiger partial charge in [-0.1, -0.05) is 57.4 Å². The van der Waals surface area contributed by atoms with Crippen molar-refractivity contribution in [2.75, 3.05) is 133 Å². The second-order valence-electron chi connectivity index (χ2n) is 11.5. The molecule has 18 nitrogen and oxygen atoms in total. The molecule has 4 unspecified atom stereocenters. The van der Waals surface area contributed by atoms with Crippen LogP contribution in [0, 0.1) is 0 Å². The van der Waals surface area contributed by atoms with E-state index in [-0.39, 0.29) is 10.8 Å². The minimum atomic E-state index is -3.02. The van der Waals surface area contributed by atoms with Crippen LogP contribution in [-0.2, 0) is 136 Å². The minimum absolute atomic E-state index is 0.00140. The summed E-state index contributed by atoms with van der Waals surface area (Å²) in [6, 6.07) is 0. The van der Waals surface area contributed by atoms with Crippen molar-refractivity contribution >= 4 is 163 Å². The summed E-state index contributed by atoms with van der Waals surface area (Å²) in [6.45, 7) is 12.6. The smallest absolute Gasteiger partial charge is 0.388 e. The van der Waals surface area contributed by atoms with Gasteiger partial charge in [-0.2, -0.15) is 11.8 Å². The molecule has 0 aromatic rings. The molecule has 0 heterocycles. The van der Waals surface area contributed by atoms with E-state index in [1.165, 1.54) is 74.3 Å². The maximum Gasteiger partial charge on any atom is 0.388 e. The predicted molar refractivity (Wildman–Crippen MR) is 317 cm³/mol. The Bertz CT molecular complexity index is 1610. The zero-order valence-corrected chi connectivity index (χ0v) is 56.6. The van der Waals surface area contributed by atoms with Crippen molar-refractivity contribution in [3.8, 4) is 0 Å². The molecule has 0 fully saturated rings. The largest absolute Gasteiger partial charge is 0.466 e. The van der Waals surface area contributed by atoms with Crippen LogP contribution in [0.3, 0.4) is 0 Å². The zero-order chi connectivity index (χ0) is 54.6. The molecule has 4 atom stereocenters. The topological polar surface area (TPSA) is 213 Å². The molecule has 0 saturated heterocycles. The van der Waals surface area contributed by atoms with Gasteiger partial charge in [0, 0.05) is 143 Å². The molecular weight excluding hydrogens is 1220 g/mol. The third-order valence-corrected chi connectivity index (χ3v) is 35.0. The second kappa shape index (κ2) is 50.7. The summed E-state index contributed by atoms with van der Waals surface area (Å²) in [7, 11) is 7.02. The van der Waals surface area contributed by atoms with Gasteiger partial charge in [0.05, 0.1) is 39.1 Å². The number of methoxy groups -OCH3 is 1. The molecule has 0 aromatic heterocycles. The normalized spacial score (nSPS) is 13.9. The third kappa shape index (κ3) is 48.1. The molecule has 0 N–H and O–H groups in total. The average molecular weight is 1300 g/mol. The first-order valence-electron chi connectivity index (χ1n) is 20.9. The van der Waals surface area contributed by atoms with Gasteiger partial charge in [-0.3, -0.25) is 12.6 Å². The Morgan fingerprint density at radius 3 is 1.32 bits per heavy atom. The molecule has 0 aromatic carbocycles. The van der Waals surface area contributed by atoms with E-state index in [9.17, 15) is 26.6 Å². The summed E-state index contributed by atoms with van der Waals surface area (Å²) < 4.78 is 116. The van der Waals surface area contributed by atoms with Crippen LogP contribution in [0.1, 0.15) is 69.2 Å². The van der Waals surface area contributed by atoms with Gasteiger partial charge in [-0.05, 0) is 86.7 Å². The maximum absolute atomic E-state index is 11.7. The van der Waals surface area contributed by atoms with Gasteiger partial charge in [0.15, 0.2) is 0 Å². The van der Waals surface area contributed by atoms with Crippen molar-refractivity contribution in [3.05, 3.63) is 11.8 Å². The van der Waals surface area contributed by atoms with E-state index in [4.69, 9.17) is 85.2 Å². The lowest BCUT2D eigenvalue weighted by Crippen LogP contribution is -2.11. The van der Waals surface area contributed by atoms with Crippen molar-refractivity contribution in [3.63, 3.8) is 0 Å². The fourth-order valence-electron chi connectivity index (χ4n) is 3.30. The summed E-state index contributed by atoms with van der Waals surface area (Å²) in [5.41, 5.74) is -3.90. The molecule has 0 aliphatic carbocycles. The van der Waals surface area contributed by atoms with Crippen molar-refractivity contribution in [2.45, 2.75) is 74.5 Å². The van der Waals surface area contributed by atoms with Crippen LogP contribution in [0.5, 0.6) is 0 Å². The quantitative estimate of drug-likeness (QED) is 0.0142. The van der Waals surface area contributed by atoms with Crippen LogP contribution in [0.25, 0.3) is 0 Å². The van der Waals surface area contributed by atoms with Crippen LogP contribution >= 0.6 is 89.0 Å². The number of hydrogen-bond donors (Lipinski definition) is 0. The van der Waals surface area contributed by atoms with Gasteiger partial charge in [-0.15, -0.1) is 0 Å². The zero-order valence-electron chi connectivity index (χ0n) is 43.1. The molecule has 0 aliphatic rings. The number of ether oxygens (including phenoxy) is 1. The SMILES string of the molecule is CCOP(=S)(OCC)SCCS(=O)CC.CCOP(=S)(OCC)SCSCC.CCS(=O)CC(C)SP(=O)(OC)OC.CCS(=O)CCSP(=O)(OC)OC.COC(=O)/C(C)=C/OP(=S)(OC)OC. The summed E-state index contributed by atoms with van der Waals surface area (Å²) in [5.74, 6) is 5.55. The van der Waals surface area contributed by atoms with Crippen molar-refractivity contribution in [2.24, 2.45) is 0 Å². The fourth-order valence-corrected chi connectivity index (χ4v) is 25.7. The Morgan fingerprint density at radius 2 is 0.986 bits per heavy atom. The monoisotopic (exact) mass is 1300 g/mol. The maximum atomic E-state index is 11.7. The number of thioether (sulfide) groups is 1. The van der Waals surface area contributed by atoms with Gasteiger partial charge in [0.1, 0.15) is 6.26 Å². The van der Waals surface area contributed by atoms with E-state index in [0.717, 1.165) is 39.4 Å². The van der Waals surface area contributed by atoms with Gasteiger partial charge in [-0.25, -0.2) is 13.9 Å². The Morgan fingerprint density at radius 1 is 0.594 bits per heavy atom. The van der Waals surface area contributed by atoms with E-state index in [1.54, 1.807) is 11.4 Å². The number of carbonyl (C=O) groups excluding carboxylic acids is 1. The molecule has 0 spiro atoms. The van der Waals surface area contributed by atoms with Crippen LogP contribution in [0.4, 0.5) is 0 Å². The van der Waals surface area contributed by atoms with E-state index >= 15 is 0 Å². The van der Waals surface area contributed by atoms with Gasteiger partial charge < -0.3 is 54.5 Å². The van der Waals surface area contributed by atoms with Crippen molar-refractivity contribution in [1.82, 2.24) is 0 Å². The molecule has 0 aliphatic heterocycles. The van der Waals surface area contributed by atoms with E-state index < -0.39 is 70.1 Å². The van der Waals surface area contributed by atoms with Gasteiger partial charge in [0.25, 0.3) is 0 Å². The lowest BCUT2D eigenvalue weighted by atomic mass is 10.3. The van der Waals surface area contributed by atoms with E-state index in [2.05, 4.69) is 11.7 Å². The molecule has 0 amide bonds. The predicted octanol–water partition coefficient (Wildman–Crippen LogP) is 12.3. The highest BCUT2D eigenvalue weighted by molar-refractivity contribution is 8.69. The Hall–Kier alpha value is 3.22. The molecule has 34 heteroatoms. The molecule has 69 heavy (non-hydrogen) atoms. The highest BCUT2D eigenvalue weighted by atomic mass is 32.9. The summed E-state index contributed by atoms with van der Waals surface area (Å²) in [6.07, 6.45) is 1.18. The second-order valence-corrected chi connectivity index (χ2v) is 43.6. The Kier molecular flexibility index (Phi) is 59.6. The molecule has 420 valence electrons. The molecular formula is C35H81O18P5S11. The van der Waals surface area contributed by atoms with Crippen LogP contribution < -0.4 is 0 Å². The first-order valence-corrected chi connectivity index (χ1v) is 43.7. The third-order valence-electron chi connectivity index (χ3n) is 6.67. The summed E-state index contributed by atoms with van der Waals surface area (Å²) in [5, 5.41) is 0.967. The van der Waals surface area contributed by atoms with Crippen LogP contribution in [-0.4, -0.2) is 157 Å². The number of esters is 1. The van der Waals surface area contributed by atoms with Crippen LogP contribution in [0.2, 0.25) is 0 Å². The minimum Gasteiger partial charge on any atom is -0.466 e. The Balaban J connectivity index is -0.000000248. The van der Waals surface area contributed by atoms with E-state index in [0.29, 0.717) is 66.7 Å². The summed E-state index contributed by atoms with van der Waals surface area (Å²) >= 11 is 22.7. The van der Waals surface area contributed by atoms with Gasteiger partial charge >= 0.3 is 26.3 Å². The number of carbonyl (C=O) groups is 1. The average Bonchev–Trinajstić information content (AvgIpc) is 3.33. The highest BCUT2D eigenvalue weighted by Gasteiger charge is 2.26. The standard InChI is InChI=1S/C8H19O3PS3.C7H13O5PS.C7H17O4PS2.C7H17O2PS3.C6H15O4PS2/c1-4-10-12(13,11-5-2)14-7-8-15(9)6-3;1-6(7(8)9-2)5-12-13(14,10-3)11-4;1-5-14(9)6-7(2)13-12(8,10-3)11-4;1-4-8-10(11,9-5-2)13-7-12-6-3;1-4-13(8)6-5-12-11(7,9-2)10-3/h4-8H2,1-3H3;5H,1-4H3;7H,5-6H2,1-4H3;4-7H2,1-3H3;4-6H2,1-3H3/b;6-5+;;;. The summed E-state index contributed by atoms with van der Waals surface area (Å²) in [4.78, 5) is 10.9. The van der Waals surface area contributed by atoms with Crippen molar-refractivity contribution in [1.29, 1.82) is 0 Å². The fraction of sp³-hybridized carbons (Fsp3) is 0.914. The molecule has 0 rings (SSSR count). The lowest BCUT2D eigenvalue weighted by Gasteiger charge is -2.19. The lowest BCUT2D eigenvalue weighted by molar-refractivity contribution is -0.136. The van der Waals surface area contributed by atoms with Crippen molar-refractivity contribution < 1.29 is 81.0 Å². The first-order chi connectivity index (χ1) is 32.3. The molecule has 0 bridgehead atoms. The first kappa shape index (κ1) is 81.1. The van der Waals surface area contributed by atoms with E-state index in [1.807, 2.05) is 67.2 Å². The van der Waals surface area contributed by atoms with Gasteiger partial charge in [0.2, 0.25) is 11.4 Å². The van der Waals surface area contributed by atoms with Crippen LogP contribution in [0.15, 0.2) is 11.8 Å².